The van der Waals surface area contributed by atoms with Crippen LogP contribution in [0.3, 0.4) is 0 Å². The Morgan fingerprint density at radius 2 is 1.90 bits per heavy atom. The maximum atomic E-state index is 10.7. The van der Waals surface area contributed by atoms with Crippen LogP contribution in [-0.2, 0) is 0 Å². The molecule has 0 fully saturated rings. The third-order valence-corrected chi connectivity index (χ3v) is 6.00. The van der Waals surface area contributed by atoms with Crippen molar-refractivity contribution >= 4 is 28.4 Å². The van der Waals surface area contributed by atoms with Crippen molar-refractivity contribution in [1.82, 2.24) is 4.98 Å². The summed E-state index contributed by atoms with van der Waals surface area (Å²) in [6, 6.07) is 13.9. The molecule has 4 rings (SSSR count). The van der Waals surface area contributed by atoms with E-state index in [2.05, 4.69) is 32.0 Å². The van der Waals surface area contributed by atoms with Gasteiger partial charge in [0.25, 0.3) is 0 Å². The Balaban J connectivity index is 1.64. The lowest BCUT2D eigenvalue weighted by molar-refractivity contribution is 0.243. The zero-order chi connectivity index (χ0) is 21.4. The summed E-state index contributed by atoms with van der Waals surface area (Å²) in [7, 11) is 0. The summed E-state index contributed by atoms with van der Waals surface area (Å²) in [5.41, 5.74) is 5.60. The van der Waals surface area contributed by atoms with Gasteiger partial charge in [0.05, 0.1) is 29.6 Å². The minimum atomic E-state index is 0.0171. The Morgan fingerprint density at radius 1 is 1.13 bits per heavy atom. The van der Waals surface area contributed by atoms with Crippen molar-refractivity contribution in [3.05, 3.63) is 69.7 Å². The highest BCUT2D eigenvalue weighted by Gasteiger charge is 2.32. The lowest BCUT2D eigenvalue weighted by Crippen LogP contribution is -2.27. The number of para-hydroxylation sites is 2. The molecular formula is C24H25N3O2S. The van der Waals surface area contributed by atoms with Gasteiger partial charge in [-0.25, -0.2) is 4.98 Å². The molecule has 1 aromatic heterocycles. The highest BCUT2D eigenvalue weighted by molar-refractivity contribution is 7.11. The Kier molecular flexibility index (Phi) is 5.35. The summed E-state index contributed by atoms with van der Waals surface area (Å²) in [6.45, 7) is 8.34. The van der Waals surface area contributed by atoms with E-state index >= 15 is 0 Å². The van der Waals surface area contributed by atoms with E-state index in [1.54, 1.807) is 4.90 Å². The number of anilines is 1. The van der Waals surface area contributed by atoms with Gasteiger partial charge in [0.15, 0.2) is 0 Å². The third-order valence-electron chi connectivity index (χ3n) is 5.14. The zero-order valence-electron chi connectivity index (χ0n) is 17.6. The molecule has 0 radical (unpaired) electrons. The summed E-state index contributed by atoms with van der Waals surface area (Å²) in [5, 5.41) is 22.1. The van der Waals surface area contributed by atoms with Crippen LogP contribution in [0.1, 0.15) is 30.0 Å². The molecule has 3 aromatic rings. The number of thiazole rings is 1. The number of amidine groups is 1. The first-order valence-electron chi connectivity index (χ1n) is 9.93. The molecule has 1 aliphatic heterocycles. The van der Waals surface area contributed by atoms with Crippen molar-refractivity contribution in [2.45, 2.75) is 33.8 Å². The van der Waals surface area contributed by atoms with E-state index in [4.69, 9.17) is 15.1 Å². The van der Waals surface area contributed by atoms with Crippen LogP contribution in [0.15, 0.2) is 53.6 Å². The second-order valence-electron chi connectivity index (χ2n) is 7.73. The fraction of sp³-hybridized carbons (Fsp3) is 0.250. The smallest absolute Gasteiger partial charge is 0.143 e. The molecule has 2 heterocycles. The van der Waals surface area contributed by atoms with Crippen molar-refractivity contribution in [3.63, 3.8) is 0 Å². The first kappa shape index (κ1) is 20.2. The molecule has 154 valence electrons. The lowest BCUT2D eigenvalue weighted by Gasteiger charge is -2.23. The molecule has 0 amide bonds. The maximum absolute atomic E-state index is 10.7. The van der Waals surface area contributed by atoms with E-state index in [0.717, 1.165) is 16.9 Å². The molecule has 5 nitrogen and oxygen atoms in total. The predicted octanol–water partition coefficient (Wildman–Crippen LogP) is 5.98. The van der Waals surface area contributed by atoms with Crippen molar-refractivity contribution in [2.75, 3.05) is 11.4 Å². The van der Waals surface area contributed by atoms with Gasteiger partial charge in [-0.15, -0.1) is 11.3 Å². The normalized spacial score (nSPS) is 14.2. The summed E-state index contributed by atoms with van der Waals surface area (Å²) >= 11 is 1.44. The molecule has 6 heteroatoms. The average molecular weight is 420 g/mol. The number of rotatable bonds is 5. The van der Waals surface area contributed by atoms with Crippen LogP contribution in [0.25, 0.3) is 16.8 Å². The van der Waals surface area contributed by atoms with E-state index in [1.165, 1.54) is 22.5 Å². The first-order chi connectivity index (χ1) is 14.3. The van der Waals surface area contributed by atoms with Gasteiger partial charge in [-0.1, -0.05) is 24.3 Å². The standard InChI is InChI=1S/C24H25N3O2S/c1-14(2)29-21-8-6-5-7-19(21)27-12-20(28)22(23(27)25)24-26-18(13-30-24)17-10-9-15(3)16(4)11-17/h5-11,13-14,25,28H,12H2,1-4H3. The molecule has 0 unspecified atom stereocenters. The van der Waals surface area contributed by atoms with Gasteiger partial charge in [0, 0.05) is 10.9 Å². The zero-order valence-corrected chi connectivity index (χ0v) is 18.4. The van der Waals surface area contributed by atoms with E-state index in [0.29, 0.717) is 16.3 Å². The number of benzene rings is 2. The van der Waals surface area contributed by atoms with Crippen molar-refractivity contribution < 1.29 is 9.84 Å². The molecule has 0 atom stereocenters. The molecule has 30 heavy (non-hydrogen) atoms. The fourth-order valence-electron chi connectivity index (χ4n) is 3.47. The van der Waals surface area contributed by atoms with Crippen LogP contribution in [-0.4, -0.2) is 28.6 Å². The number of nitrogens with one attached hydrogen (secondary N) is 1. The third kappa shape index (κ3) is 3.71. The monoisotopic (exact) mass is 419 g/mol. The highest BCUT2D eigenvalue weighted by Crippen LogP contribution is 2.38. The van der Waals surface area contributed by atoms with Gasteiger partial charge in [-0.2, -0.15) is 0 Å². The molecule has 0 saturated heterocycles. The number of aliphatic hydroxyl groups excluding tert-OH is 1. The number of hydrogen-bond donors (Lipinski definition) is 2. The molecule has 2 N–H and O–H groups in total. The Morgan fingerprint density at radius 3 is 2.63 bits per heavy atom. The summed E-state index contributed by atoms with van der Waals surface area (Å²) < 4.78 is 5.91. The minimum Gasteiger partial charge on any atom is -0.510 e. The quantitative estimate of drug-likeness (QED) is 0.534. The number of nitrogens with zero attached hydrogens (tertiary/aromatic N) is 2. The molecule has 0 aliphatic carbocycles. The van der Waals surface area contributed by atoms with Crippen LogP contribution in [0.2, 0.25) is 0 Å². The molecular weight excluding hydrogens is 394 g/mol. The highest BCUT2D eigenvalue weighted by atomic mass is 32.1. The van der Waals surface area contributed by atoms with Gasteiger partial charge >= 0.3 is 0 Å². The summed E-state index contributed by atoms with van der Waals surface area (Å²) in [4.78, 5) is 6.50. The van der Waals surface area contributed by atoms with Crippen LogP contribution in [0.4, 0.5) is 5.69 Å². The molecule has 0 saturated carbocycles. The number of aryl methyl sites for hydroxylation is 2. The second kappa shape index (κ2) is 7.95. The number of aliphatic hydroxyl groups is 1. The lowest BCUT2D eigenvalue weighted by atomic mass is 10.1. The molecule has 0 spiro atoms. The minimum absolute atomic E-state index is 0.0171. The number of aromatic nitrogens is 1. The van der Waals surface area contributed by atoms with Crippen molar-refractivity contribution in [1.29, 1.82) is 5.41 Å². The SMILES string of the molecule is Cc1ccc(-c2csc(C3=C(O)CN(c4ccccc4OC(C)C)C3=N)n2)cc1C. The fourth-order valence-corrected chi connectivity index (χ4v) is 4.36. The second-order valence-corrected chi connectivity index (χ2v) is 8.59. The Labute approximate surface area is 180 Å². The summed E-state index contributed by atoms with van der Waals surface area (Å²) in [6.07, 6.45) is 0.0171. The molecule has 1 aliphatic rings. The van der Waals surface area contributed by atoms with Crippen LogP contribution in [0, 0.1) is 19.3 Å². The molecule has 0 bridgehead atoms. The maximum Gasteiger partial charge on any atom is 0.143 e. The van der Waals surface area contributed by atoms with Gasteiger partial charge in [-0.05, 0) is 57.0 Å². The van der Waals surface area contributed by atoms with E-state index in [9.17, 15) is 5.11 Å². The first-order valence-corrected chi connectivity index (χ1v) is 10.8. The van der Waals surface area contributed by atoms with Gasteiger partial charge in [0.1, 0.15) is 22.4 Å². The van der Waals surface area contributed by atoms with Gasteiger partial charge in [0.2, 0.25) is 0 Å². The van der Waals surface area contributed by atoms with E-state index in [1.807, 2.05) is 43.5 Å². The number of ether oxygens (including phenoxy) is 1. The largest absolute Gasteiger partial charge is 0.510 e. The number of hydrogen-bond acceptors (Lipinski definition) is 5. The molecule has 2 aromatic carbocycles. The van der Waals surface area contributed by atoms with E-state index in [-0.39, 0.29) is 24.2 Å². The Hall–Kier alpha value is -3.12. The van der Waals surface area contributed by atoms with E-state index < -0.39 is 0 Å². The van der Waals surface area contributed by atoms with Gasteiger partial charge in [-0.3, -0.25) is 5.41 Å². The Bertz CT molecular complexity index is 1150. The van der Waals surface area contributed by atoms with Gasteiger partial charge < -0.3 is 14.7 Å². The van der Waals surface area contributed by atoms with Crippen molar-refractivity contribution in [3.8, 4) is 17.0 Å². The topological polar surface area (TPSA) is 69.4 Å². The van der Waals surface area contributed by atoms with Crippen LogP contribution < -0.4 is 9.64 Å². The average Bonchev–Trinajstić information content (AvgIpc) is 3.28. The van der Waals surface area contributed by atoms with Crippen LogP contribution >= 0.6 is 11.3 Å². The predicted molar refractivity (Wildman–Crippen MR) is 124 cm³/mol. The van der Waals surface area contributed by atoms with Crippen molar-refractivity contribution in [2.24, 2.45) is 0 Å². The van der Waals surface area contributed by atoms with Crippen LogP contribution in [0.5, 0.6) is 5.75 Å². The summed E-state index contributed by atoms with van der Waals surface area (Å²) in [5.74, 6) is 1.08.